The molecule has 90 valence electrons. The number of aromatic nitrogens is 2. The van der Waals surface area contributed by atoms with Crippen molar-refractivity contribution >= 4 is 10.0 Å². The van der Waals surface area contributed by atoms with Crippen molar-refractivity contribution in [2.45, 2.75) is 31.7 Å². The van der Waals surface area contributed by atoms with Crippen LogP contribution >= 0.6 is 0 Å². The average molecular weight is 247 g/mol. The lowest BCUT2D eigenvalue weighted by Gasteiger charge is -2.09. The van der Waals surface area contributed by atoms with Crippen LogP contribution in [0.5, 0.6) is 0 Å². The van der Waals surface area contributed by atoms with Crippen LogP contribution in [0, 0.1) is 6.92 Å². The second-order valence-corrected chi connectivity index (χ2v) is 5.29. The van der Waals surface area contributed by atoms with Gasteiger partial charge in [0, 0.05) is 11.7 Å². The fraction of sp³-hybridized carbons (Fsp3) is 0.500. The second kappa shape index (κ2) is 4.22. The highest BCUT2D eigenvalue weighted by atomic mass is 32.2. The fourth-order valence-corrected chi connectivity index (χ4v) is 2.77. The van der Waals surface area contributed by atoms with Crippen LogP contribution in [0.3, 0.4) is 0 Å². The molecule has 3 N–H and O–H groups in total. The van der Waals surface area contributed by atoms with E-state index >= 15 is 0 Å². The molecule has 1 rings (SSSR count). The molecule has 0 aliphatic heterocycles. The zero-order chi connectivity index (χ0) is 12.5. The first-order valence-electron chi connectivity index (χ1n) is 4.59. The highest BCUT2D eigenvalue weighted by molar-refractivity contribution is 7.89. The van der Waals surface area contributed by atoms with Crippen molar-refractivity contribution in [1.82, 2.24) is 14.7 Å². The molecule has 1 aromatic rings. The first kappa shape index (κ1) is 12.7. The molecular formula is C8H13N3O4S. The molecule has 0 aliphatic carbocycles. The second-order valence-electron chi connectivity index (χ2n) is 3.64. The van der Waals surface area contributed by atoms with E-state index in [0.29, 0.717) is 0 Å². The summed E-state index contributed by atoms with van der Waals surface area (Å²) in [6, 6.07) is -0.337. The molecule has 0 atom stereocenters. The summed E-state index contributed by atoms with van der Waals surface area (Å²) in [5.74, 6) is 0. The molecule has 16 heavy (non-hydrogen) atoms. The molecule has 1 heterocycles. The number of aromatic amines is 2. The molecule has 0 aromatic carbocycles. The van der Waals surface area contributed by atoms with Crippen molar-refractivity contribution in [3.05, 3.63) is 26.5 Å². The van der Waals surface area contributed by atoms with Gasteiger partial charge in [0.15, 0.2) is 4.90 Å². The van der Waals surface area contributed by atoms with Gasteiger partial charge in [-0.25, -0.2) is 17.9 Å². The Bertz CT molecular complexity index is 596. The summed E-state index contributed by atoms with van der Waals surface area (Å²) in [7, 11) is -3.90. The molecule has 0 fully saturated rings. The topological polar surface area (TPSA) is 112 Å². The lowest BCUT2D eigenvalue weighted by atomic mass is 10.4. The highest BCUT2D eigenvalue weighted by Gasteiger charge is 2.22. The number of H-pyrrole nitrogens is 2. The van der Waals surface area contributed by atoms with Gasteiger partial charge in [0.1, 0.15) is 0 Å². The van der Waals surface area contributed by atoms with E-state index in [1.54, 1.807) is 13.8 Å². The summed E-state index contributed by atoms with van der Waals surface area (Å²) >= 11 is 0. The molecule has 0 unspecified atom stereocenters. The molecule has 8 heteroatoms. The van der Waals surface area contributed by atoms with Gasteiger partial charge in [-0.15, -0.1) is 0 Å². The Kier molecular flexibility index (Phi) is 3.34. The molecule has 0 aliphatic rings. The van der Waals surface area contributed by atoms with Crippen LogP contribution in [0.2, 0.25) is 0 Å². The Hall–Kier alpha value is -1.41. The minimum atomic E-state index is -3.90. The van der Waals surface area contributed by atoms with Crippen LogP contribution in [-0.2, 0) is 10.0 Å². The Morgan fingerprint density at radius 1 is 1.19 bits per heavy atom. The molecule has 0 radical (unpaired) electrons. The van der Waals surface area contributed by atoms with E-state index in [-0.39, 0.29) is 11.7 Å². The maximum absolute atomic E-state index is 11.7. The molecule has 0 bridgehead atoms. The third-order valence-electron chi connectivity index (χ3n) is 1.73. The minimum absolute atomic E-state index is 0.0156. The van der Waals surface area contributed by atoms with Gasteiger partial charge < -0.3 is 4.98 Å². The number of rotatable bonds is 3. The minimum Gasteiger partial charge on any atom is -0.310 e. The van der Waals surface area contributed by atoms with Crippen molar-refractivity contribution in [2.24, 2.45) is 0 Å². The summed E-state index contributed by atoms with van der Waals surface area (Å²) < 4.78 is 25.8. The van der Waals surface area contributed by atoms with Crippen LogP contribution in [-0.4, -0.2) is 24.4 Å². The zero-order valence-electron chi connectivity index (χ0n) is 9.12. The Balaban J connectivity index is 3.46. The smallest absolute Gasteiger partial charge is 0.310 e. The Morgan fingerprint density at radius 2 is 1.75 bits per heavy atom. The predicted octanol–water partition coefficient (Wildman–Crippen LogP) is -0.942. The van der Waals surface area contributed by atoms with Crippen molar-refractivity contribution in [1.29, 1.82) is 0 Å². The Labute approximate surface area is 92.0 Å². The number of nitrogens with one attached hydrogen (secondary N) is 3. The monoisotopic (exact) mass is 247 g/mol. The van der Waals surface area contributed by atoms with Crippen LogP contribution in [0.15, 0.2) is 14.5 Å². The van der Waals surface area contributed by atoms with Crippen molar-refractivity contribution in [3.8, 4) is 0 Å². The van der Waals surface area contributed by atoms with Gasteiger partial charge >= 0.3 is 5.69 Å². The first-order valence-corrected chi connectivity index (χ1v) is 6.08. The van der Waals surface area contributed by atoms with Gasteiger partial charge in [-0.05, 0) is 20.8 Å². The van der Waals surface area contributed by atoms with Gasteiger partial charge in [-0.3, -0.25) is 9.78 Å². The van der Waals surface area contributed by atoms with Crippen molar-refractivity contribution in [3.63, 3.8) is 0 Å². The Morgan fingerprint density at radius 3 is 2.19 bits per heavy atom. The van der Waals surface area contributed by atoms with Crippen LogP contribution in [0.1, 0.15) is 19.5 Å². The number of sulfonamides is 1. The number of aryl methyl sites for hydroxylation is 1. The average Bonchev–Trinajstić information content (AvgIpc) is 1.96. The van der Waals surface area contributed by atoms with Crippen molar-refractivity contribution < 1.29 is 8.42 Å². The normalized spacial score (nSPS) is 12.0. The van der Waals surface area contributed by atoms with Crippen molar-refractivity contribution in [2.75, 3.05) is 0 Å². The summed E-state index contributed by atoms with van der Waals surface area (Å²) in [4.78, 5) is 25.9. The summed E-state index contributed by atoms with van der Waals surface area (Å²) in [5, 5.41) is 0. The highest BCUT2D eigenvalue weighted by Crippen LogP contribution is 2.05. The third-order valence-corrected chi connectivity index (χ3v) is 3.55. The largest absolute Gasteiger partial charge is 0.325 e. The first-order chi connectivity index (χ1) is 7.24. The van der Waals surface area contributed by atoms with E-state index in [1.807, 2.05) is 4.98 Å². The molecule has 0 amide bonds. The van der Waals surface area contributed by atoms with E-state index in [2.05, 4.69) is 9.71 Å². The molecular weight excluding hydrogens is 234 g/mol. The number of hydrogen-bond donors (Lipinski definition) is 3. The van der Waals surface area contributed by atoms with E-state index in [4.69, 9.17) is 0 Å². The van der Waals surface area contributed by atoms with E-state index in [9.17, 15) is 18.0 Å². The van der Waals surface area contributed by atoms with Gasteiger partial charge in [0.05, 0.1) is 0 Å². The van der Waals surface area contributed by atoms with Gasteiger partial charge in [-0.2, -0.15) is 0 Å². The lowest BCUT2D eigenvalue weighted by Crippen LogP contribution is -2.37. The predicted molar refractivity (Wildman–Crippen MR) is 57.9 cm³/mol. The van der Waals surface area contributed by atoms with Gasteiger partial charge in [-0.1, -0.05) is 0 Å². The lowest BCUT2D eigenvalue weighted by molar-refractivity contribution is 0.566. The SMILES string of the molecule is Cc1[nH]c(=O)[nH]c(=O)c1S(=O)(=O)NC(C)C. The summed E-state index contributed by atoms with van der Waals surface area (Å²) in [6.45, 7) is 4.62. The zero-order valence-corrected chi connectivity index (χ0v) is 9.94. The van der Waals surface area contributed by atoms with Crippen LogP contribution < -0.4 is 16.0 Å². The quantitative estimate of drug-likeness (QED) is 0.639. The van der Waals surface area contributed by atoms with Gasteiger partial charge in [0.2, 0.25) is 10.0 Å². The van der Waals surface area contributed by atoms with E-state index in [1.165, 1.54) is 6.92 Å². The fourth-order valence-electron chi connectivity index (χ4n) is 1.28. The maximum Gasteiger partial charge on any atom is 0.325 e. The van der Waals surface area contributed by atoms with Crippen LogP contribution in [0.4, 0.5) is 0 Å². The molecule has 0 saturated carbocycles. The molecule has 7 nitrogen and oxygen atoms in total. The summed E-state index contributed by atoms with van der Waals surface area (Å²) in [6.07, 6.45) is 0. The van der Waals surface area contributed by atoms with E-state index < -0.39 is 26.2 Å². The standard InChI is InChI=1S/C8H13N3O4S/c1-4(2)11-16(14,15)6-5(3)9-8(13)10-7(6)12/h4,11H,1-3H3,(H2,9,10,12,13). The molecule has 1 aromatic heterocycles. The molecule has 0 saturated heterocycles. The maximum atomic E-state index is 11.7. The van der Waals surface area contributed by atoms with Gasteiger partial charge in [0.25, 0.3) is 5.56 Å². The third kappa shape index (κ3) is 2.58. The van der Waals surface area contributed by atoms with E-state index in [0.717, 1.165) is 0 Å². The summed E-state index contributed by atoms with van der Waals surface area (Å²) in [5.41, 5.74) is -1.64. The molecule has 0 spiro atoms. The van der Waals surface area contributed by atoms with Crippen LogP contribution in [0.25, 0.3) is 0 Å². The number of hydrogen-bond acceptors (Lipinski definition) is 4.